The zero-order valence-electron chi connectivity index (χ0n) is 13.6. The molecule has 1 heterocycles. The van der Waals surface area contributed by atoms with Crippen molar-refractivity contribution in [2.45, 2.75) is 6.92 Å². The van der Waals surface area contributed by atoms with Gasteiger partial charge in [0.05, 0.1) is 28.7 Å². The number of hydrogen-bond acceptors (Lipinski definition) is 6. The number of carbonyl (C=O) groups is 1. The highest BCUT2D eigenvalue weighted by atomic mass is 32.1. The van der Waals surface area contributed by atoms with Gasteiger partial charge >= 0.3 is 6.03 Å². The molecule has 0 spiro atoms. The van der Waals surface area contributed by atoms with Gasteiger partial charge in [0.2, 0.25) is 5.11 Å². The van der Waals surface area contributed by atoms with E-state index in [9.17, 15) is 4.79 Å². The Balaban J connectivity index is 2.24. The number of aromatic nitrogens is 1. The zero-order chi connectivity index (χ0) is 18.9. The average molecular weight is 383 g/mol. The van der Waals surface area contributed by atoms with Crippen molar-refractivity contribution in [2.75, 3.05) is 5.01 Å². The summed E-state index contributed by atoms with van der Waals surface area (Å²) in [6.07, 6.45) is 1.65. The lowest BCUT2D eigenvalue weighted by Gasteiger charge is -2.24. The van der Waals surface area contributed by atoms with Gasteiger partial charge in [-0.05, 0) is 49.5 Å². The molecule has 0 aliphatic heterocycles. The topological polar surface area (TPSA) is 106 Å². The van der Waals surface area contributed by atoms with Crippen LogP contribution < -0.4 is 15.9 Å². The van der Waals surface area contributed by atoms with Crippen molar-refractivity contribution in [3.63, 3.8) is 0 Å². The van der Waals surface area contributed by atoms with Gasteiger partial charge in [-0.2, -0.15) is 10.4 Å². The average Bonchev–Trinajstić information content (AvgIpc) is 2.70. The largest absolute Gasteiger partial charge is 0.371 e. The second kappa shape index (κ2) is 9.26. The van der Waals surface area contributed by atoms with Gasteiger partial charge in [-0.1, -0.05) is 12.1 Å². The number of anilines is 1. The first-order valence-electron chi connectivity index (χ1n) is 7.25. The minimum atomic E-state index is -0.781. The maximum Gasteiger partial charge on any atom is 0.371 e. The molecule has 2 amide bonds. The first kappa shape index (κ1) is 19.0. The molecule has 0 bridgehead atoms. The Morgan fingerprint density at radius 2 is 2.12 bits per heavy atom. The summed E-state index contributed by atoms with van der Waals surface area (Å²) in [6.45, 7) is 1.76. The fourth-order valence-electron chi connectivity index (χ4n) is 1.88. The minimum Gasteiger partial charge on any atom is -0.255 e. The molecule has 8 nitrogen and oxygen atoms in total. The molecule has 26 heavy (non-hydrogen) atoms. The van der Waals surface area contributed by atoms with E-state index < -0.39 is 6.03 Å². The van der Waals surface area contributed by atoms with E-state index in [2.05, 4.69) is 37.7 Å². The third kappa shape index (κ3) is 5.10. The number of hydrogen-bond donors (Lipinski definition) is 2. The maximum absolute atomic E-state index is 11.6. The predicted molar refractivity (Wildman–Crippen MR) is 104 cm³/mol. The molecule has 2 rings (SSSR count). The molecule has 0 radical (unpaired) electrons. The molecule has 0 saturated carbocycles. The van der Waals surface area contributed by atoms with Crippen LogP contribution in [0.2, 0.25) is 0 Å². The first-order valence-corrected chi connectivity index (χ1v) is 8.02. The molecule has 130 valence electrons. The maximum atomic E-state index is 11.6. The quantitative estimate of drug-likeness (QED) is 0.476. The highest BCUT2D eigenvalue weighted by Crippen LogP contribution is 2.15. The van der Waals surface area contributed by atoms with Gasteiger partial charge in [-0.15, -0.1) is 4.36 Å². The summed E-state index contributed by atoms with van der Waals surface area (Å²) in [5.41, 5.74) is 7.21. The van der Waals surface area contributed by atoms with E-state index in [0.717, 1.165) is 0 Å². The van der Waals surface area contributed by atoms with Crippen molar-refractivity contribution in [3.8, 4) is 6.07 Å². The van der Waals surface area contributed by atoms with Crippen LogP contribution in [0.5, 0.6) is 0 Å². The highest BCUT2D eigenvalue weighted by molar-refractivity contribution is 7.80. The van der Waals surface area contributed by atoms with Crippen molar-refractivity contribution in [1.29, 1.82) is 5.26 Å². The number of amides is 2. The number of benzene rings is 1. The Kier molecular flexibility index (Phi) is 6.78. The normalized spacial score (nSPS) is 10.4. The molecule has 0 fully saturated rings. The Bertz CT molecular complexity index is 893. The van der Waals surface area contributed by atoms with E-state index in [1.807, 2.05) is 12.1 Å². The molecule has 10 heteroatoms. The van der Waals surface area contributed by atoms with Crippen LogP contribution >= 0.6 is 12.2 Å². The van der Waals surface area contributed by atoms with Crippen LogP contribution in [-0.4, -0.2) is 21.8 Å². The molecule has 2 aromatic rings. The number of hydrazone groups is 1. The van der Waals surface area contributed by atoms with E-state index in [4.69, 9.17) is 17.5 Å². The van der Waals surface area contributed by atoms with Crippen LogP contribution in [0.4, 0.5) is 10.5 Å². The van der Waals surface area contributed by atoms with Crippen LogP contribution in [0.3, 0.4) is 0 Å². The van der Waals surface area contributed by atoms with Crippen molar-refractivity contribution in [1.82, 2.24) is 15.8 Å². The summed E-state index contributed by atoms with van der Waals surface area (Å²) < 4.78 is 3.12. The monoisotopic (exact) mass is 383 g/mol. The van der Waals surface area contributed by atoms with Gasteiger partial charge in [0, 0.05) is 18.6 Å². The minimum absolute atomic E-state index is 0.0578. The number of urea groups is 1. The Hall–Kier alpha value is -3.29. The predicted octanol–water partition coefficient (Wildman–Crippen LogP) is 2.41. The fraction of sp³-hybridized carbons (Fsp3) is 0.0625. The molecule has 0 aliphatic rings. The van der Waals surface area contributed by atoms with E-state index in [-0.39, 0.29) is 5.11 Å². The van der Waals surface area contributed by atoms with E-state index in [1.165, 1.54) is 5.01 Å². The van der Waals surface area contributed by atoms with Gasteiger partial charge in [-0.25, -0.2) is 15.2 Å². The van der Waals surface area contributed by atoms with Crippen LogP contribution in [-0.2, 0) is 12.4 Å². The van der Waals surface area contributed by atoms with Gasteiger partial charge < -0.3 is 0 Å². The number of nitrogens with zero attached hydrogens (tertiary/aromatic N) is 5. The number of nitriles is 1. The van der Waals surface area contributed by atoms with Crippen molar-refractivity contribution < 1.29 is 4.79 Å². The van der Waals surface area contributed by atoms with Crippen LogP contribution in [0.25, 0.3) is 0 Å². The molecule has 1 aromatic carbocycles. The van der Waals surface area contributed by atoms with Crippen LogP contribution in [0.15, 0.2) is 58.1 Å². The molecular formula is C16H13N7OS2. The highest BCUT2D eigenvalue weighted by Gasteiger charge is 2.15. The molecular weight excluding hydrogens is 370 g/mol. The second-order valence-electron chi connectivity index (χ2n) is 4.83. The lowest BCUT2D eigenvalue weighted by molar-refractivity contribution is 0.250. The number of hydrazine groups is 1. The first-order chi connectivity index (χ1) is 12.5. The van der Waals surface area contributed by atoms with Crippen LogP contribution in [0, 0.1) is 11.3 Å². The molecule has 2 N–H and O–H groups in total. The van der Waals surface area contributed by atoms with E-state index >= 15 is 0 Å². The Morgan fingerprint density at radius 1 is 1.31 bits per heavy atom. The fourth-order valence-corrected chi connectivity index (χ4v) is 2.12. The lowest BCUT2D eigenvalue weighted by Crippen LogP contribution is -2.49. The van der Waals surface area contributed by atoms with E-state index in [0.29, 0.717) is 22.7 Å². The van der Waals surface area contributed by atoms with E-state index in [1.54, 1.807) is 49.5 Å². The number of rotatable bonds is 3. The molecule has 1 aromatic heterocycles. The molecule has 0 saturated heterocycles. The Morgan fingerprint density at radius 3 is 2.77 bits per heavy atom. The molecule has 0 aliphatic carbocycles. The summed E-state index contributed by atoms with van der Waals surface area (Å²) >= 11 is 9.67. The number of pyridine rings is 1. The summed E-state index contributed by atoms with van der Waals surface area (Å²) in [6, 6.07) is 13.2. The van der Waals surface area contributed by atoms with Crippen molar-refractivity contribution in [2.24, 2.45) is 9.46 Å². The number of carbonyl (C=O) groups excluding carboxylic acids is 1. The van der Waals surface area contributed by atoms with Crippen molar-refractivity contribution >= 4 is 47.2 Å². The Labute approximate surface area is 160 Å². The molecule has 0 atom stereocenters. The van der Waals surface area contributed by atoms with Crippen molar-refractivity contribution in [3.05, 3.63) is 59.9 Å². The van der Waals surface area contributed by atoms with Gasteiger partial charge in [-0.3, -0.25) is 10.4 Å². The number of nitrogens with one attached hydrogen (secondary N) is 2. The second-order valence-corrected chi connectivity index (χ2v) is 5.40. The van der Waals surface area contributed by atoms with Gasteiger partial charge in [0.25, 0.3) is 0 Å². The molecule has 0 unspecified atom stereocenters. The van der Waals surface area contributed by atoms with Crippen LogP contribution in [0.1, 0.15) is 18.2 Å². The summed E-state index contributed by atoms with van der Waals surface area (Å²) in [4.78, 5) is 15.8. The standard InChI is InChI=1S/C16H13N7OS2/c1-11(14-7-2-3-8-18-14)19-20-16(25)23(21-15(24)22-26)13-6-4-5-12(9-13)10-17/h2-9H,1H3,(H,20,25)(H,21,24). The van der Waals surface area contributed by atoms with Gasteiger partial charge in [0.1, 0.15) is 0 Å². The summed E-state index contributed by atoms with van der Waals surface area (Å²) in [5.74, 6) is 0. The summed E-state index contributed by atoms with van der Waals surface area (Å²) in [7, 11) is 0. The third-order valence-corrected chi connectivity index (χ3v) is 3.52. The lowest BCUT2D eigenvalue weighted by atomic mass is 10.2. The van der Waals surface area contributed by atoms with Gasteiger partial charge in [0.15, 0.2) is 0 Å². The third-order valence-electron chi connectivity index (χ3n) is 3.08. The number of thiocarbonyl (C=S) groups is 1. The smallest absolute Gasteiger partial charge is 0.255 e. The SMILES string of the molecule is CC(=NNC(=S)N(NC(=O)N=S)c1cccc(C#N)c1)c1ccccn1. The zero-order valence-corrected chi connectivity index (χ0v) is 15.2. The summed E-state index contributed by atoms with van der Waals surface area (Å²) in [5, 5.41) is 14.5.